The second-order valence-corrected chi connectivity index (χ2v) is 5.12. The zero-order valence-corrected chi connectivity index (χ0v) is 11.9. The van der Waals surface area contributed by atoms with Crippen molar-refractivity contribution in [3.63, 3.8) is 0 Å². The maximum atomic E-state index is 13.2. The molecule has 0 saturated carbocycles. The third kappa shape index (κ3) is 2.85. The number of nitrogens with one attached hydrogen (secondary N) is 1. The highest BCUT2D eigenvalue weighted by Crippen LogP contribution is 2.37. The number of imidazole rings is 1. The summed E-state index contributed by atoms with van der Waals surface area (Å²) in [5.41, 5.74) is -0.0231. The Hall–Kier alpha value is -2.27. The summed E-state index contributed by atoms with van der Waals surface area (Å²) in [6, 6.07) is 14.7. The molecule has 0 fully saturated rings. The number of nitrogens with zero attached hydrogens (tertiary/aromatic N) is 1. The van der Waals surface area contributed by atoms with Crippen LogP contribution in [0.25, 0.3) is 22.6 Å². The van der Waals surface area contributed by atoms with Gasteiger partial charge in [-0.15, -0.1) is 0 Å². The normalized spacial score (nSPS) is 11.6. The molecule has 6 heteroatoms. The summed E-state index contributed by atoms with van der Waals surface area (Å²) < 4.78 is 39.7. The smallest absolute Gasteiger partial charge is 0.334 e. The van der Waals surface area contributed by atoms with Crippen LogP contribution in [0.5, 0.6) is 0 Å². The van der Waals surface area contributed by atoms with Crippen LogP contribution in [0.2, 0.25) is 5.02 Å². The van der Waals surface area contributed by atoms with Crippen LogP contribution < -0.4 is 0 Å². The second-order valence-electron chi connectivity index (χ2n) is 4.68. The molecule has 0 saturated heterocycles. The molecule has 22 heavy (non-hydrogen) atoms. The first-order valence-corrected chi connectivity index (χ1v) is 6.81. The average molecular weight is 323 g/mol. The standard InChI is InChI=1S/C16H10ClF3N2/c17-12-8-6-11(7-9-12)15-21-13(10-4-2-1-3-5-10)14(22-15)16(18,19)20/h1-9H,(H,21,22). The summed E-state index contributed by atoms with van der Waals surface area (Å²) in [5.74, 6) is 0.155. The van der Waals surface area contributed by atoms with E-state index in [2.05, 4.69) is 9.97 Å². The zero-order valence-electron chi connectivity index (χ0n) is 11.2. The van der Waals surface area contributed by atoms with Crippen molar-refractivity contribution in [3.05, 3.63) is 65.3 Å². The van der Waals surface area contributed by atoms with Gasteiger partial charge in [0, 0.05) is 16.1 Å². The molecule has 0 aliphatic rings. The molecule has 1 aromatic heterocycles. The van der Waals surface area contributed by atoms with E-state index in [-0.39, 0.29) is 11.5 Å². The lowest BCUT2D eigenvalue weighted by atomic mass is 10.1. The monoisotopic (exact) mass is 322 g/mol. The van der Waals surface area contributed by atoms with Crippen LogP contribution in [0.4, 0.5) is 13.2 Å². The van der Waals surface area contributed by atoms with Gasteiger partial charge in [-0.3, -0.25) is 0 Å². The van der Waals surface area contributed by atoms with Gasteiger partial charge in [-0.25, -0.2) is 4.98 Å². The van der Waals surface area contributed by atoms with Crippen LogP contribution >= 0.6 is 11.6 Å². The van der Waals surface area contributed by atoms with Gasteiger partial charge in [-0.2, -0.15) is 13.2 Å². The van der Waals surface area contributed by atoms with Crippen LogP contribution in [0, 0.1) is 0 Å². The third-order valence-electron chi connectivity index (χ3n) is 3.15. The Bertz CT molecular complexity index is 777. The van der Waals surface area contributed by atoms with E-state index in [1.807, 2.05) is 0 Å². The number of halogens is 4. The lowest BCUT2D eigenvalue weighted by Crippen LogP contribution is -2.07. The minimum absolute atomic E-state index is 0.113. The predicted molar refractivity (Wildman–Crippen MR) is 79.5 cm³/mol. The molecule has 0 spiro atoms. The van der Waals surface area contributed by atoms with Crippen molar-refractivity contribution in [2.75, 3.05) is 0 Å². The first-order valence-electron chi connectivity index (χ1n) is 6.44. The molecule has 3 rings (SSSR count). The van der Waals surface area contributed by atoms with Crippen molar-refractivity contribution >= 4 is 11.6 Å². The van der Waals surface area contributed by atoms with Gasteiger partial charge in [0.15, 0.2) is 0 Å². The van der Waals surface area contributed by atoms with Crippen LogP contribution in [0.1, 0.15) is 5.69 Å². The molecule has 1 heterocycles. The summed E-state index contributed by atoms with van der Waals surface area (Å²) in [6.07, 6.45) is -4.51. The number of benzene rings is 2. The van der Waals surface area contributed by atoms with E-state index in [9.17, 15) is 13.2 Å². The summed E-state index contributed by atoms with van der Waals surface area (Å²) in [7, 11) is 0. The second kappa shape index (κ2) is 5.50. The van der Waals surface area contributed by atoms with Gasteiger partial charge in [0.2, 0.25) is 0 Å². The summed E-state index contributed by atoms with van der Waals surface area (Å²) in [5, 5.41) is 0.509. The van der Waals surface area contributed by atoms with Crippen LogP contribution in [-0.4, -0.2) is 9.97 Å². The molecule has 112 valence electrons. The zero-order chi connectivity index (χ0) is 15.7. The molecule has 0 radical (unpaired) electrons. The van der Waals surface area contributed by atoms with E-state index in [1.54, 1.807) is 54.6 Å². The fourth-order valence-corrected chi connectivity index (χ4v) is 2.25. The van der Waals surface area contributed by atoms with E-state index in [0.717, 1.165) is 0 Å². The van der Waals surface area contributed by atoms with Gasteiger partial charge in [0.25, 0.3) is 0 Å². The molecule has 0 aliphatic heterocycles. The minimum Gasteiger partial charge on any atom is -0.334 e. The summed E-state index contributed by atoms with van der Waals surface area (Å²) in [6.45, 7) is 0. The number of aromatic amines is 1. The first kappa shape index (κ1) is 14.7. The van der Waals surface area contributed by atoms with E-state index in [4.69, 9.17) is 11.6 Å². The highest BCUT2D eigenvalue weighted by Gasteiger charge is 2.37. The Kier molecular flexibility index (Phi) is 3.66. The number of rotatable bonds is 2. The van der Waals surface area contributed by atoms with Crippen molar-refractivity contribution in [2.45, 2.75) is 6.18 Å². The van der Waals surface area contributed by atoms with E-state index < -0.39 is 11.9 Å². The molecule has 0 atom stereocenters. The van der Waals surface area contributed by atoms with Crippen molar-refractivity contribution in [1.82, 2.24) is 9.97 Å². The largest absolute Gasteiger partial charge is 0.433 e. The molecule has 1 N–H and O–H groups in total. The van der Waals surface area contributed by atoms with Crippen molar-refractivity contribution in [3.8, 4) is 22.6 Å². The molecule has 0 amide bonds. The molecule has 2 nitrogen and oxygen atoms in total. The van der Waals surface area contributed by atoms with Crippen molar-refractivity contribution < 1.29 is 13.2 Å². The number of hydrogen-bond acceptors (Lipinski definition) is 1. The molecular weight excluding hydrogens is 313 g/mol. The minimum atomic E-state index is -4.51. The molecule has 3 aromatic rings. The fourth-order valence-electron chi connectivity index (χ4n) is 2.13. The third-order valence-corrected chi connectivity index (χ3v) is 3.40. The SMILES string of the molecule is FC(F)(F)c1[nH]c(-c2ccc(Cl)cc2)nc1-c1ccccc1. The Balaban J connectivity index is 2.15. The van der Waals surface area contributed by atoms with E-state index in [0.29, 0.717) is 16.1 Å². The van der Waals surface area contributed by atoms with Gasteiger partial charge in [-0.05, 0) is 24.3 Å². The Morgan fingerprint density at radius 2 is 1.50 bits per heavy atom. The van der Waals surface area contributed by atoms with Gasteiger partial charge >= 0.3 is 6.18 Å². The molecule has 0 bridgehead atoms. The summed E-state index contributed by atoms with van der Waals surface area (Å²) >= 11 is 5.79. The van der Waals surface area contributed by atoms with Crippen LogP contribution in [-0.2, 0) is 6.18 Å². The van der Waals surface area contributed by atoms with Gasteiger partial charge in [0.1, 0.15) is 17.2 Å². The van der Waals surface area contributed by atoms with Crippen molar-refractivity contribution in [1.29, 1.82) is 0 Å². The predicted octanol–water partition coefficient (Wildman–Crippen LogP) is 5.42. The van der Waals surface area contributed by atoms with Crippen LogP contribution in [0.3, 0.4) is 0 Å². The molecule has 0 aliphatic carbocycles. The highest BCUT2D eigenvalue weighted by atomic mass is 35.5. The molecular formula is C16H10ClF3N2. The number of aromatic nitrogens is 2. The quantitative estimate of drug-likeness (QED) is 0.671. The first-order chi connectivity index (χ1) is 10.4. The molecule has 0 unspecified atom stereocenters. The van der Waals surface area contributed by atoms with Gasteiger partial charge < -0.3 is 4.98 Å². The fraction of sp³-hybridized carbons (Fsp3) is 0.0625. The van der Waals surface area contributed by atoms with Gasteiger partial charge in [0.05, 0.1) is 0 Å². The van der Waals surface area contributed by atoms with E-state index >= 15 is 0 Å². The van der Waals surface area contributed by atoms with Crippen LogP contribution in [0.15, 0.2) is 54.6 Å². The van der Waals surface area contributed by atoms with E-state index in [1.165, 1.54) is 0 Å². The number of alkyl halides is 3. The number of H-pyrrole nitrogens is 1. The Morgan fingerprint density at radius 3 is 2.09 bits per heavy atom. The number of hydrogen-bond donors (Lipinski definition) is 1. The Morgan fingerprint density at radius 1 is 0.864 bits per heavy atom. The van der Waals surface area contributed by atoms with Crippen molar-refractivity contribution in [2.24, 2.45) is 0 Å². The summed E-state index contributed by atoms with van der Waals surface area (Å²) in [4.78, 5) is 6.50. The van der Waals surface area contributed by atoms with Gasteiger partial charge in [-0.1, -0.05) is 41.9 Å². The lowest BCUT2D eigenvalue weighted by molar-refractivity contribution is -0.140. The lowest BCUT2D eigenvalue weighted by Gasteiger charge is -2.06. The average Bonchev–Trinajstić information content (AvgIpc) is 2.94. The highest BCUT2D eigenvalue weighted by molar-refractivity contribution is 6.30. The Labute approximate surface area is 129 Å². The molecule has 2 aromatic carbocycles. The topological polar surface area (TPSA) is 28.7 Å². The maximum Gasteiger partial charge on any atom is 0.433 e. The maximum absolute atomic E-state index is 13.2.